The van der Waals surface area contributed by atoms with Crippen LogP contribution in [0, 0.1) is 18.6 Å². The Kier molecular flexibility index (Phi) is 5.86. The maximum absolute atomic E-state index is 13.9. The number of aryl methyl sites for hydroxylation is 1. The summed E-state index contributed by atoms with van der Waals surface area (Å²) in [6.45, 7) is 2.41. The molecule has 0 bridgehead atoms. The maximum atomic E-state index is 13.9. The minimum atomic E-state index is -3.79. The largest absolute Gasteiger partial charge is 0.306 e. The predicted molar refractivity (Wildman–Crippen MR) is 90.8 cm³/mol. The van der Waals surface area contributed by atoms with Crippen LogP contribution in [0.4, 0.5) is 14.5 Å². The molecule has 0 saturated carbocycles. The second-order valence-corrected chi connectivity index (χ2v) is 7.14. The number of nitrogens with one attached hydrogen (secondary N) is 1. The molecule has 0 aliphatic rings. The molecule has 0 aromatic heterocycles. The van der Waals surface area contributed by atoms with Gasteiger partial charge in [-0.2, -0.15) is 0 Å². The molecule has 0 fully saturated rings. The fourth-order valence-corrected chi connectivity index (χ4v) is 3.67. The number of para-hydroxylation sites is 1. The normalized spacial score (nSPS) is 11.4. The van der Waals surface area contributed by atoms with Crippen molar-refractivity contribution in [3.63, 3.8) is 0 Å². The molecular weight excluding hydrogens is 350 g/mol. The average molecular weight is 368 g/mol. The molecule has 8 heteroatoms. The molecule has 0 atom stereocenters. The number of halogens is 2. The van der Waals surface area contributed by atoms with E-state index in [2.05, 4.69) is 4.72 Å². The Morgan fingerprint density at radius 1 is 1.08 bits per heavy atom. The zero-order valence-electron chi connectivity index (χ0n) is 13.8. The van der Waals surface area contributed by atoms with E-state index in [0.717, 1.165) is 24.0 Å². The first-order chi connectivity index (χ1) is 11.7. The van der Waals surface area contributed by atoms with Crippen LogP contribution in [-0.2, 0) is 14.8 Å². The summed E-state index contributed by atoms with van der Waals surface area (Å²) in [5.74, 6) is -2.38. The predicted octanol–water partition coefficient (Wildman–Crippen LogP) is 2.60. The van der Waals surface area contributed by atoms with Crippen molar-refractivity contribution in [3.05, 3.63) is 59.7 Å². The zero-order chi connectivity index (χ0) is 18.6. The fourth-order valence-electron chi connectivity index (χ4n) is 2.40. The van der Waals surface area contributed by atoms with Crippen LogP contribution in [0.2, 0.25) is 0 Å². The Hall–Kier alpha value is -2.32. The van der Waals surface area contributed by atoms with Crippen LogP contribution in [0.3, 0.4) is 0 Å². The van der Waals surface area contributed by atoms with Crippen molar-refractivity contribution in [2.24, 2.45) is 0 Å². The lowest BCUT2D eigenvalue weighted by Crippen LogP contribution is -2.38. The summed E-state index contributed by atoms with van der Waals surface area (Å²) in [6, 6.07) is 9.68. The second kappa shape index (κ2) is 7.71. The van der Waals surface area contributed by atoms with Gasteiger partial charge in [0.15, 0.2) is 0 Å². The first-order valence-electron chi connectivity index (χ1n) is 7.51. The summed E-state index contributed by atoms with van der Waals surface area (Å²) >= 11 is 0. The summed E-state index contributed by atoms with van der Waals surface area (Å²) in [5, 5.41) is 0. The molecule has 0 radical (unpaired) electrons. The topological polar surface area (TPSA) is 66.5 Å². The summed E-state index contributed by atoms with van der Waals surface area (Å²) in [7, 11) is -3.79. The van der Waals surface area contributed by atoms with Crippen molar-refractivity contribution in [1.29, 1.82) is 0 Å². The molecular formula is C17H18F2N2O3S. The van der Waals surface area contributed by atoms with Crippen molar-refractivity contribution in [2.45, 2.75) is 18.7 Å². The summed E-state index contributed by atoms with van der Waals surface area (Å²) in [6.07, 6.45) is 0. The molecule has 0 heterocycles. The lowest BCUT2D eigenvalue weighted by molar-refractivity contribution is -0.116. The molecule has 0 aliphatic heterocycles. The quantitative estimate of drug-likeness (QED) is 0.852. The SMILES string of the molecule is CC(=O)N(CCNS(=O)(=O)c1ccccc1C)c1c(F)cccc1F. The third-order valence-corrected chi connectivity index (χ3v) is 5.22. The minimum absolute atomic E-state index is 0.112. The van der Waals surface area contributed by atoms with Crippen molar-refractivity contribution in [3.8, 4) is 0 Å². The van der Waals surface area contributed by atoms with E-state index in [1.807, 2.05) is 0 Å². The first kappa shape index (κ1) is 19.0. The molecule has 2 aromatic rings. The van der Waals surface area contributed by atoms with Crippen LogP contribution in [0.25, 0.3) is 0 Å². The molecule has 0 spiro atoms. The molecule has 0 aliphatic carbocycles. The third kappa shape index (κ3) is 4.40. The van der Waals surface area contributed by atoms with E-state index in [1.165, 1.54) is 12.1 Å². The van der Waals surface area contributed by atoms with Crippen molar-refractivity contribution in [1.82, 2.24) is 4.72 Å². The molecule has 1 amide bonds. The fraction of sp³-hybridized carbons (Fsp3) is 0.235. The van der Waals surface area contributed by atoms with E-state index in [9.17, 15) is 22.0 Å². The molecule has 0 saturated heterocycles. The van der Waals surface area contributed by atoms with Gasteiger partial charge in [0.05, 0.1) is 4.90 Å². The van der Waals surface area contributed by atoms with Gasteiger partial charge in [0.25, 0.3) is 0 Å². The van der Waals surface area contributed by atoms with Gasteiger partial charge in [-0.1, -0.05) is 24.3 Å². The lowest BCUT2D eigenvalue weighted by atomic mass is 10.2. The number of amides is 1. The van der Waals surface area contributed by atoms with Gasteiger partial charge in [-0.15, -0.1) is 0 Å². The standard InChI is InChI=1S/C17H18F2N2O3S/c1-12-6-3-4-9-16(12)25(23,24)20-10-11-21(13(2)22)17-14(18)7-5-8-15(17)19/h3-9,20H,10-11H2,1-2H3. The number of nitrogens with zero attached hydrogens (tertiary/aromatic N) is 1. The van der Waals surface area contributed by atoms with Gasteiger partial charge in [0.2, 0.25) is 15.9 Å². The zero-order valence-corrected chi connectivity index (χ0v) is 14.6. The van der Waals surface area contributed by atoms with Gasteiger partial charge >= 0.3 is 0 Å². The Balaban J connectivity index is 2.16. The minimum Gasteiger partial charge on any atom is -0.306 e. The summed E-state index contributed by atoms with van der Waals surface area (Å²) in [5.41, 5.74) is 0.0728. The van der Waals surface area contributed by atoms with Gasteiger partial charge < -0.3 is 4.90 Å². The Labute approximate surface area is 145 Å². The smallest absolute Gasteiger partial charge is 0.240 e. The highest BCUT2D eigenvalue weighted by molar-refractivity contribution is 7.89. The number of anilines is 1. The molecule has 5 nitrogen and oxygen atoms in total. The molecule has 134 valence electrons. The van der Waals surface area contributed by atoms with Gasteiger partial charge in [0.1, 0.15) is 17.3 Å². The van der Waals surface area contributed by atoms with E-state index in [1.54, 1.807) is 25.1 Å². The highest BCUT2D eigenvalue weighted by Crippen LogP contribution is 2.23. The number of hydrogen-bond acceptors (Lipinski definition) is 3. The number of sulfonamides is 1. The first-order valence-corrected chi connectivity index (χ1v) is 9.00. The lowest BCUT2D eigenvalue weighted by Gasteiger charge is -2.22. The monoisotopic (exact) mass is 368 g/mol. The number of benzene rings is 2. The molecule has 2 rings (SSSR count). The van der Waals surface area contributed by atoms with Crippen molar-refractivity contribution >= 4 is 21.6 Å². The van der Waals surface area contributed by atoms with Crippen molar-refractivity contribution < 1.29 is 22.0 Å². The van der Waals surface area contributed by atoms with Crippen LogP contribution < -0.4 is 9.62 Å². The Morgan fingerprint density at radius 3 is 2.24 bits per heavy atom. The van der Waals surface area contributed by atoms with Gasteiger partial charge in [-0.3, -0.25) is 4.79 Å². The maximum Gasteiger partial charge on any atom is 0.240 e. The van der Waals surface area contributed by atoms with Crippen molar-refractivity contribution in [2.75, 3.05) is 18.0 Å². The van der Waals surface area contributed by atoms with Crippen LogP contribution >= 0.6 is 0 Å². The summed E-state index contributed by atoms with van der Waals surface area (Å²) < 4.78 is 54.7. The van der Waals surface area contributed by atoms with Gasteiger partial charge in [-0.05, 0) is 30.7 Å². The average Bonchev–Trinajstić information content (AvgIpc) is 2.53. The van der Waals surface area contributed by atoms with E-state index in [4.69, 9.17) is 0 Å². The number of rotatable bonds is 6. The Morgan fingerprint density at radius 2 is 1.68 bits per heavy atom. The van der Waals surface area contributed by atoms with Crippen LogP contribution in [-0.4, -0.2) is 27.4 Å². The number of hydrogen-bond donors (Lipinski definition) is 1. The summed E-state index contributed by atoms with van der Waals surface area (Å²) in [4.78, 5) is 12.7. The molecule has 0 unspecified atom stereocenters. The number of carbonyl (C=O) groups is 1. The van der Waals surface area contributed by atoms with E-state index >= 15 is 0 Å². The van der Waals surface area contributed by atoms with E-state index in [0.29, 0.717) is 5.56 Å². The molecule has 2 aromatic carbocycles. The highest BCUT2D eigenvalue weighted by Gasteiger charge is 2.21. The van der Waals surface area contributed by atoms with Crippen LogP contribution in [0.5, 0.6) is 0 Å². The highest BCUT2D eigenvalue weighted by atomic mass is 32.2. The number of carbonyl (C=O) groups excluding carboxylic acids is 1. The van der Waals surface area contributed by atoms with Crippen LogP contribution in [0.15, 0.2) is 47.4 Å². The van der Waals surface area contributed by atoms with Gasteiger partial charge in [0, 0.05) is 20.0 Å². The molecule has 25 heavy (non-hydrogen) atoms. The molecule has 1 N–H and O–H groups in total. The second-order valence-electron chi connectivity index (χ2n) is 5.40. The third-order valence-electron chi connectivity index (χ3n) is 3.60. The van der Waals surface area contributed by atoms with E-state index < -0.39 is 33.3 Å². The van der Waals surface area contributed by atoms with Gasteiger partial charge in [-0.25, -0.2) is 21.9 Å². The Bertz CT molecular complexity index is 865. The van der Waals surface area contributed by atoms with E-state index in [-0.39, 0.29) is 18.0 Å². The van der Waals surface area contributed by atoms with Crippen LogP contribution in [0.1, 0.15) is 12.5 Å².